The zero-order chi connectivity index (χ0) is 10.6. The van der Waals surface area contributed by atoms with Crippen LogP contribution in [0, 0.1) is 5.92 Å². The smallest absolute Gasteiger partial charge is 0.170 e. The van der Waals surface area contributed by atoms with Crippen molar-refractivity contribution in [3.63, 3.8) is 0 Å². The van der Waals surface area contributed by atoms with E-state index < -0.39 is 5.60 Å². The number of Topliss-reactive ketones (excluding diaryl/α,β-unsaturated/α-hetero) is 1. The Hall–Kier alpha value is -0.450. The lowest BCUT2D eigenvalue weighted by Crippen LogP contribution is -2.54. The van der Waals surface area contributed by atoms with Crippen molar-refractivity contribution in [2.75, 3.05) is 13.1 Å². The molecular weight excluding hydrogens is 180 g/mol. The second-order valence-corrected chi connectivity index (χ2v) is 4.14. The Morgan fingerprint density at radius 1 is 1.21 bits per heavy atom. The lowest BCUT2D eigenvalue weighted by atomic mass is 9.79. The Morgan fingerprint density at radius 3 is 2.14 bits per heavy atom. The third-order valence-corrected chi connectivity index (χ3v) is 3.11. The number of nitrogens with two attached hydrogens (primary N) is 2. The van der Waals surface area contributed by atoms with Crippen LogP contribution < -0.4 is 11.5 Å². The largest absolute Gasteiger partial charge is 0.379 e. The van der Waals surface area contributed by atoms with Crippen LogP contribution in [0.2, 0.25) is 0 Å². The average Bonchev–Trinajstić information content (AvgIpc) is 2.28. The third-order valence-electron chi connectivity index (χ3n) is 3.11. The van der Waals surface area contributed by atoms with Crippen LogP contribution in [0.4, 0.5) is 0 Å². The molecule has 1 fully saturated rings. The van der Waals surface area contributed by atoms with Crippen LogP contribution in [0.5, 0.6) is 0 Å². The van der Waals surface area contributed by atoms with Crippen molar-refractivity contribution in [3.8, 4) is 0 Å². The minimum Gasteiger partial charge on any atom is -0.379 e. The van der Waals surface area contributed by atoms with E-state index in [0.717, 1.165) is 25.7 Å². The van der Waals surface area contributed by atoms with Crippen molar-refractivity contribution in [2.45, 2.75) is 37.7 Å². The molecule has 0 radical (unpaired) electrons. The van der Waals surface area contributed by atoms with Gasteiger partial charge in [0.1, 0.15) is 5.60 Å². The highest BCUT2D eigenvalue weighted by molar-refractivity contribution is 5.89. The van der Waals surface area contributed by atoms with Crippen LogP contribution in [0.25, 0.3) is 0 Å². The van der Waals surface area contributed by atoms with E-state index in [1.54, 1.807) is 0 Å². The minimum absolute atomic E-state index is 0.0270. The van der Waals surface area contributed by atoms with Gasteiger partial charge in [0.05, 0.1) is 0 Å². The molecule has 4 heteroatoms. The van der Waals surface area contributed by atoms with Gasteiger partial charge < -0.3 is 16.6 Å². The van der Waals surface area contributed by atoms with Crippen molar-refractivity contribution < 1.29 is 9.90 Å². The van der Waals surface area contributed by atoms with E-state index in [4.69, 9.17) is 11.5 Å². The van der Waals surface area contributed by atoms with Gasteiger partial charge in [0, 0.05) is 19.0 Å². The topological polar surface area (TPSA) is 89.3 Å². The first kappa shape index (κ1) is 11.6. The first-order valence-corrected chi connectivity index (χ1v) is 5.31. The molecule has 0 atom stereocenters. The zero-order valence-corrected chi connectivity index (χ0v) is 8.54. The quantitative estimate of drug-likeness (QED) is 0.585. The summed E-state index contributed by atoms with van der Waals surface area (Å²) < 4.78 is 0. The SMILES string of the molecule is NCC(O)(CN)C(=O)C1CCCCC1. The predicted octanol–water partition coefficient (Wildman–Crippen LogP) is -0.216. The molecular formula is C10H20N2O2. The molecule has 0 aromatic heterocycles. The molecule has 1 saturated carbocycles. The van der Waals surface area contributed by atoms with Crippen LogP contribution >= 0.6 is 0 Å². The highest BCUT2D eigenvalue weighted by Crippen LogP contribution is 2.27. The molecule has 5 N–H and O–H groups in total. The van der Waals surface area contributed by atoms with Gasteiger partial charge in [0.2, 0.25) is 0 Å². The highest BCUT2D eigenvalue weighted by atomic mass is 16.3. The Labute approximate surface area is 84.7 Å². The van der Waals surface area contributed by atoms with Crippen LogP contribution in [0.15, 0.2) is 0 Å². The van der Waals surface area contributed by atoms with Gasteiger partial charge in [-0.05, 0) is 12.8 Å². The van der Waals surface area contributed by atoms with Crippen molar-refractivity contribution in [1.82, 2.24) is 0 Å². The Morgan fingerprint density at radius 2 is 1.71 bits per heavy atom. The Bertz CT molecular complexity index is 196. The van der Waals surface area contributed by atoms with Gasteiger partial charge in [-0.1, -0.05) is 19.3 Å². The minimum atomic E-state index is -1.48. The highest BCUT2D eigenvalue weighted by Gasteiger charge is 2.37. The Kier molecular flexibility index (Phi) is 4.04. The maximum atomic E-state index is 11.9. The fraction of sp³-hybridized carbons (Fsp3) is 0.900. The number of ketones is 1. The standard InChI is InChI=1S/C10H20N2O2/c11-6-10(14,7-12)9(13)8-4-2-1-3-5-8/h8,14H,1-7,11-12H2. The summed E-state index contributed by atoms with van der Waals surface area (Å²) in [6.45, 7) is -0.141. The van der Waals surface area contributed by atoms with Gasteiger partial charge in [0.25, 0.3) is 0 Å². The molecule has 0 aliphatic heterocycles. The van der Waals surface area contributed by atoms with E-state index >= 15 is 0 Å². The number of hydrogen-bond donors (Lipinski definition) is 3. The van der Waals surface area contributed by atoms with E-state index in [2.05, 4.69) is 0 Å². The molecule has 0 bridgehead atoms. The van der Waals surface area contributed by atoms with Crippen LogP contribution in [0.3, 0.4) is 0 Å². The summed E-state index contributed by atoms with van der Waals surface area (Å²) in [5, 5.41) is 9.85. The molecule has 1 aliphatic carbocycles. The van der Waals surface area contributed by atoms with Gasteiger partial charge in [0.15, 0.2) is 5.78 Å². The fourth-order valence-corrected chi connectivity index (χ4v) is 2.03. The molecule has 4 nitrogen and oxygen atoms in total. The van der Waals surface area contributed by atoms with Gasteiger partial charge in [-0.25, -0.2) is 0 Å². The van der Waals surface area contributed by atoms with E-state index in [1.807, 2.05) is 0 Å². The van der Waals surface area contributed by atoms with Crippen molar-refractivity contribution in [2.24, 2.45) is 17.4 Å². The monoisotopic (exact) mass is 200 g/mol. The van der Waals surface area contributed by atoms with Crippen molar-refractivity contribution >= 4 is 5.78 Å². The molecule has 1 rings (SSSR count). The molecule has 0 aromatic rings. The molecule has 0 saturated heterocycles. The summed E-state index contributed by atoms with van der Waals surface area (Å²) >= 11 is 0. The van der Waals surface area contributed by atoms with Crippen molar-refractivity contribution in [3.05, 3.63) is 0 Å². The van der Waals surface area contributed by atoms with E-state index in [1.165, 1.54) is 6.42 Å². The van der Waals surface area contributed by atoms with Gasteiger partial charge >= 0.3 is 0 Å². The maximum absolute atomic E-state index is 11.9. The number of aliphatic hydroxyl groups is 1. The van der Waals surface area contributed by atoms with Crippen LogP contribution in [-0.2, 0) is 4.79 Å². The second kappa shape index (κ2) is 4.87. The fourth-order valence-electron chi connectivity index (χ4n) is 2.03. The summed E-state index contributed by atoms with van der Waals surface area (Å²) in [4.78, 5) is 11.9. The lowest BCUT2D eigenvalue weighted by Gasteiger charge is -2.30. The summed E-state index contributed by atoms with van der Waals surface area (Å²) in [6.07, 6.45) is 5.08. The summed E-state index contributed by atoms with van der Waals surface area (Å²) in [5.41, 5.74) is 9.26. The van der Waals surface area contributed by atoms with Gasteiger partial charge in [-0.3, -0.25) is 4.79 Å². The summed E-state index contributed by atoms with van der Waals surface area (Å²) in [5.74, 6) is -0.178. The van der Waals surface area contributed by atoms with Crippen LogP contribution in [0.1, 0.15) is 32.1 Å². The molecule has 14 heavy (non-hydrogen) atoms. The molecule has 82 valence electrons. The molecule has 0 heterocycles. The summed E-state index contributed by atoms with van der Waals surface area (Å²) in [6, 6.07) is 0. The van der Waals surface area contributed by atoms with E-state index in [-0.39, 0.29) is 24.8 Å². The maximum Gasteiger partial charge on any atom is 0.170 e. The van der Waals surface area contributed by atoms with Crippen LogP contribution in [-0.4, -0.2) is 29.6 Å². The average molecular weight is 200 g/mol. The van der Waals surface area contributed by atoms with E-state index in [0.29, 0.717) is 0 Å². The van der Waals surface area contributed by atoms with Gasteiger partial charge in [-0.2, -0.15) is 0 Å². The normalized spacial score (nSPS) is 19.6. The molecule has 0 aromatic carbocycles. The molecule has 0 spiro atoms. The van der Waals surface area contributed by atoms with Crippen molar-refractivity contribution in [1.29, 1.82) is 0 Å². The zero-order valence-electron chi connectivity index (χ0n) is 8.54. The lowest BCUT2D eigenvalue weighted by molar-refractivity contribution is -0.140. The molecule has 0 unspecified atom stereocenters. The summed E-state index contributed by atoms with van der Waals surface area (Å²) in [7, 11) is 0. The molecule has 1 aliphatic rings. The van der Waals surface area contributed by atoms with Gasteiger partial charge in [-0.15, -0.1) is 0 Å². The first-order valence-electron chi connectivity index (χ1n) is 5.31. The second-order valence-electron chi connectivity index (χ2n) is 4.14. The van der Waals surface area contributed by atoms with E-state index in [9.17, 15) is 9.90 Å². The number of carbonyl (C=O) groups is 1. The predicted molar refractivity (Wildman–Crippen MR) is 54.6 cm³/mol. The molecule has 0 amide bonds. The third kappa shape index (κ3) is 2.32. The first-order chi connectivity index (χ1) is 6.64. The number of carbonyl (C=O) groups excluding carboxylic acids is 1. The Balaban J connectivity index is 2.61. The number of hydrogen-bond acceptors (Lipinski definition) is 4. The number of rotatable bonds is 4.